The largest absolute Gasteiger partial charge is 0.399 e. The van der Waals surface area contributed by atoms with Crippen LogP contribution >= 0.6 is 11.8 Å². The highest BCUT2D eigenvalue weighted by molar-refractivity contribution is 7.99. The Labute approximate surface area is 109 Å². The van der Waals surface area contributed by atoms with E-state index in [-0.39, 0.29) is 5.91 Å². The second kappa shape index (κ2) is 5.50. The Morgan fingerprint density at radius 1 is 1.33 bits per heavy atom. The summed E-state index contributed by atoms with van der Waals surface area (Å²) >= 11 is 1.31. The van der Waals surface area contributed by atoms with E-state index in [0.717, 1.165) is 4.90 Å². The van der Waals surface area contributed by atoms with Gasteiger partial charge < -0.3 is 11.1 Å². The third-order valence-electron chi connectivity index (χ3n) is 2.22. The summed E-state index contributed by atoms with van der Waals surface area (Å²) in [6.07, 6.45) is 3.31. The Morgan fingerprint density at radius 2 is 2.06 bits per heavy atom. The summed E-state index contributed by atoms with van der Waals surface area (Å²) in [5.74, 6) is -0.159. The number of rotatable bonds is 3. The van der Waals surface area contributed by atoms with Crippen molar-refractivity contribution in [2.45, 2.75) is 10.1 Å². The normalized spacial score (nSPS) is 10.1. The Bertz CT molecular complexity index is 559. The third-order valence-corrected chi connectivity index (χ3v) is 3.17. The molecule has 0 spiro atoms. The molecular formula is C12H12N4OS. The van der Waals surface area contributed by atoms with E-state index in [4.69, 9.17) is 5.73 Å². The highest BCUT2D eigenvalue weighted by Gasteiger charge is 2.12. The zero-order valence-electron chi connectivity index (χ0n) is 9.75. The smallest absolute Gasteiger partial charge is 0.252 e. The molecule has 0 radical (unpaired) electrons. The molecule has 0 aliphatic heterocycles. The van der Waals surface area contributed by atoms with Gasteiger partial charge in [-0.25, -0.2) is 9.97 Å². The lowest BCUT2D eigenvalue weighted by Gasteiger charge is -2.07. The van der Waals surface area contributed by atoms with Gasteiger partial charge in [0.1, 0.15) is 0 Å². The van der Waals surface area contributed by atoms with Crippen LogP contribution in [0.5, 0.6) is 0 Å². The van der Waals surface area contributed by atoms with Crippen LogP contribution in [0.15, 0.2) is 46.7 Å². The molecule has 1 aromatic carbocycles. The minimum absolute atomic E-state index is 0.159. The number of hydrogen-bond donors (Lipinski definition) is 2. The Morgan fingerprint density at radius 3 is 2.72 bits per heavy atom. The van der Waals surface area contributed by atoms with Crippen molar-refractivity contribution >= 4 is 23.4 Å². The molecule has 0 saturated carbocycles. The van der Waals surface area contributed by atoms with Crippen molar-refractivity contribution < 1.29 is 4.79 Å². The summed E-state index contributed by atoms with van der Waals surface area (Å²) in [4.78, 5) is 20.7. The molecule has 0 bridgehead atoms. The minimum atomic E-state index is -0.159. The summed E-state index contributed by atoms with van der Waals surface area (Å²) in [7, 11) is 1.59. The molecule has 5 nitrogen and oxygen atoms in total. The van der Waals surface area contributed by atoms with Crippen molar-refractivity contribution in [3.05, 3.63) is 42.2 Å². The van der Waals surface area contributed by atoms with Crippen molar-refractivity contribution in [3.63, 3.8) is 0 Å². The van der Waals surface area contributed by atoms with Gasteiger partial charge in [0.25, 0.3) is 5.91 Å². The van der Waals surface area contributed by atoms with E-state index in [0.29, 0.717) is 16.4 Å². The number of amides is 1. The van der Waals surface area contributed by atoms with Crippen LogP contribution in [-0.2, 0) is 0 Å². The third kappa shape index (κ3) is 2.78. The first-order chi connectivity index (χ1) is 8.70. The standard InChI is InChI=1S/C12H12N4OS/c1-14-11(17)9-4-3-8(13)7-10(9)18-12-15-5-2-6-16-12/h2-7H,13H2,1H3,(H,14,17). The molecule has 2 rings (SSSR count). The SMILES string of the molecule is CNC(=O)c1ccc(N)cc1Sc1ncccn1. The number of hydrogen-bond acceptors (Lipinski definition) is 5. The molecule has 0 saturated heterocycles. The van der Waals surface area contributed by atoms with Gasteiger partial charge in [-0.05, 0) is 36.0 Å². The second-order valence-corrected chi connectivity index (χ2v) is 4.48. The van der Waals surface area contributed by atoms with Crippen LogP contribution < -0.4 is 11.1 Å². The van der Waals surface area contributed by atoms with Crippen molar-refractivity contribution in [1.82, 2.24) is 15.3 Å². The van der Waals surface area contributed by atoms with Gasteiger partial charge in [0, 0.05) is 30.0 Å². The van der Waals surface area contributed by atoms with Gasteiger partial charge in [0.05, 0.1) is 5.56 Å². The number of anilines is 1. The van der Waals surface area contributed by atoms with Crippen LogP contribution in [0, 0.1) is 0 Å². The van der Waals surface area contributed by atoms with E-state index in [9.17, 15) is 4.79 Å². The van der Waals surface area contributed by atoms with Gasteiger partial charge in [-0.15, -0.1) is 0 Å². The van der Waals surface area contributed by atoms with Crippen LogP contribution in [0.2, 0.25) is 0 Å². The van der Waals surface area contributed by atoms with Crippen molar-refractivity contribution in [2.24, 2.45) is 0 Å². The zero-order valence-corrected chi connectivity index (χ0v) is 10.6. The van der Waals surface area contributed by atoms with Crippen LogP contribution in [-0.4, -0.2) is 22.9 Å². The Balaban J connectivity index is 2.36. The Hall–Kier alpha value is -2.08. The lowest BCUT2D eigenvalue weighted by atomic mass is 10.2. The molecule has 0 aliphatic rings. The number of aromatic nitrogens is 2. The quantitative estimate of drug-likeness (QED) is 0.646. The molecule has 1 aromatic heterocycles. The lowest BCUT2D eigenvalue weighted by Crippen LogP contribution is -2.18. The fourth-order valence-electron chi connectivity index (χ4n) is 1.38. The average molecular weight is 260 g/mol. The molecule has 0 atom stereocenters. The summed E-state index contributed by atoms with van der Waals surface area (Å²) in [5, 5.41) is 3.17. The molecule has 0 aliphatic carbocycles. The maximum atomic E-state index is 11.7. The molecule has 3 N–H and O–H groups in total. The van der Waals surface area contributed by atoms with Crippen LogP contribution in [0.3, 0.4) is 0 Å². The molecule has 6 heteroatoms. The van der Waals surface area contributed by atoms with Gasteiger partial charge in [-0.3, -0.25) is 4.79 Å². The number of nitrogen functional groups attached to an aromatic ring is 1. The molecule has 92 valence electrons. The molecule has 1 amide bonds. The number of nitrogens with two attached hydrogens (primary N) is 1. The average Bonchev–Trinajstić information content (AvgIpc) is 2.39. The molecule has 1 heterocycles. The number of nitrogens with zero attached hydrogens (tertiary/aromatic N) is 2. The number of carbonyl (C=O) groups is 1. The van der Waals surface area contributed by atoms with E-state index in [1.807, 2.05) is 0 Å². The van der Waals surface area contributed by atoms with Gasteiger partial charge in [0.2, 0.25) is 0 Å². The molecule has 0 fully saturated rings. The van der Waals surface area contributed by atoms with Gasteiger partial charge in [0.15, 0.2) is 5.16 Å². The van der Waals surface area contributed by atoms with E-state index >= 15 is 0 Å². The number of nitrogens with one attached hydrogen (secondary N) is 1. The maximum Gasteiger partial charge on any atom is 0.252 e. The highest BCUT2D eigenvalue weighted by atomic mass is 32.2. The summed E-state index contributed by atoms with van der Waals surface area (Å²) < 4.78 is 0. The maximum absolute atomic E-state index is 11.7. The molecule has 2 aromatic rings. The van der Waals surface area contributed by atoms with E-state index < -0.39 is 0 Å². The lowest BCUT2D eigenvalue weighted by molar-refractivity contribution is 0.0960. The van der Waals surface area contributed by atoms with Gasteiger partial charge >= 0.3 is 0 Å². The fourth-order valence-corrected chi connectivity index (χ4v) is 2.27. The number of carbonyl (C=O) groups excluding carboxylic acids is 1. The van der Waals surface area contributed by atoms with Gasteiger partial charge in [-0.2, -0.15) is 0 Å². The van der Waals surface area contributed by atoms with Crippen LogP contribution in [0.25, 0.3) is 0 Å². The summed E-state index contributed by atoms with van der Waals surface area (Å²) in [6, 6.07) is 6.87. The van der Waals surface area contributed by atoms with Crippen molar-refractivity contribution in [3.8, 4) is 0 Å². The summed E-state index contributed by atoms with van der Waals surface area (Å²) in [6.45, 7) is 0. The molecular weight excluding hydrogens is 248 g/mol. The number of benzene rings is 1. The summed E-state index contributed by atoms with van der Waals surface area (Å²) in [5.41, 5.74) is 6.89. The van der Waals surface area contributed by atoms with Gasteiger partial charge in [-0.1, -0.05) is 0 Å². The van der Waals surface area contributed by atoms with E-state index in [1.54, 1.807) is 43.7 Å². The second-order valence-electron chi connectivity index (χ2n) is 3.47. The highest BCUT2D eigenvalue weighted by Crippen LogP contribution is 2.29. The first kappa shape index (κ1) is 12.4. The van der Waals surface area contributed by atoms with E-state index in [1.165, 1.54) is 11.8 Å². The topological polar surface area (TPSA) is 80.9 Å². The monoisotopic (exact) mass is 260 g/mol. The molecule has 0 unspecified atom stereocenters. The van der Waals surface area contributed by atoms with Crippen molar-refractivity contribution in [1.29, 1.82) is 0 Å². The first-order valence-electron chi connectivity index (χ1n) is 5.27. The Kier molecular flexibility index (Phi) is 3.78. The first-order valence-corrected chi connectivity index (χ1v) is 6.09. The fraction of sp³-hybridized carbons (Fsp3) is 0.0833. The van der Waals surface area contributed by atoms with E-state index in [2.05, 4.69) is 15.3 Å². The minimum Gasteiger partial charge on any atom is -0.399 e. The predicted molar refractivity (Wildman–Crippen MR) is 70.4 cm³/mol. The van der Waals surface area contributed by atoms with Crippen LogP contribution in [0.1, 0.15) is 10.4 Å². The zero-order chi connectivity index (χ0) is 13.0. The molecule has 18 heavy (non-hydrogen) atoms. The van der Waals surface area contributed by atoms with Crippen LogP contribution in [0.4, 0.5) is 5.69 Å². The van der Waals surface area contributed by atoms with Crippen molar-refractivity contribution in [2.75, 3.05) is 12.8 Å². The predicted octanol–water partition coefficient (Wildman–Crippen LogP) is 1.57.